The van der Waals surface area contributed by atoms with Gasteiger partial charge in [-0.1, -0.05) is 30.0 Å². The van der Waals surface area contributed by atoms with Crippen molar-refractivity contribution in [2.24, 2.45) is 0 Å². The number of rotatable bonds is 3. The maximum atomic E-state index is 12.5. The smallest absolute Gasteiger partial charge is 0.266 e. The van der Waals surface area contributed by atoms with Gasteiger partial charge < -0.3 is 14.5 Å². The minimum atomic E-state index is -0.117. The number of fused-ring (bicyclic) bond motifs is 1. The van der Waals surface area contributed by atoms with E-state index >= 15 is 0 Å². The Morgan fingerprint density at radius 3 is 3.09 bits per heavy atom. The highest BCUT2D eigenvalue weighted by atomic mass is 32.2. The van der Waals surface area contributed by atoms with Crippen LogP contribution in [-0.4, -0.2) is 31.9 Å². The molecule has 4 rings (SSSR count). The standard InChI is InChI=1S/C15H11N3O3S2/c19-14-12(6-13-16-3-4-17-13)23-15(22)18(14)7-9-1-2-10-11(5-9)21-8-20-10/h1-6H,7-8H2,(H,16,17). The molecule has 0 bridgehead atoms. The number of carbonyl (C=O) groups excluding carboxylic acids is 1. The fourth-order valence-electron chi connectivity index (χ4n) is 2.34. The molecule has 8 heteroatoms. The maximum absolute atomic E-state index is 12.5. The minimum absolute atomic E-state index is 0.117. The molecule has 3 heterocycles. The topological polar surface area (TPSA) is 67.5 Å². The second kappa shape index (κ2) is 5.71. The zero-order valence-corrected chi connectivity index (χ0v) is 13.4. The van der Waals surface area contributed by atoms with E-state index in [0.29, 0.717) is 27.3 Å². The van der Waals surface area contributed by atoms with E-state index in [2.05, 4.69) is 9.97 Å². The highest BCUT2D eigenvalue weighted by molar-refractivity contribution is 8.26. The van der Waals surface area contributed by atoms with Gasteiger partial charge in [-0.25, -0.2) is 4.98 Å². The molecule has 1 saturated heterocycles. The first-order chi connectivity index (χ1) is 11.2. The van der Waals surface area contributed by atoms with Gasteiger partial charge in [-0.2, -0.15) is 0 Å². The lowest BCUT2D eigenvalue weighted by Crippen LogP contribution is -2.27. The third-order valence-electron chi connectivity index (χ3n) is 3.44. The number of imidazole rings is 1. The number of thiocarbonyl (C=S) groups is 1. The van der Waals surface area contributed by atoms with Gasteiger partial charge in [-0.05, 0) is 17.7 Å². The lowest BCUT2D eigenvalue weighted by Gasteiger charge is -2.14. The summed E-state index contributed by atoms with van der Waals surface area (Å²) in [6.45, 7) is 0.628. The van der Waals surface area contributed by atoms with Crippen molar-refractivity contribution in [2.45, 2.75) is 6.54 Å². The minimum Gasteiger partial charge on any atom is -0.454 e. The molecule has 116 valence electrons. The van der Waals surface area contributed by atoms with Crippen LogP contribution in [-0.2, 0) is 11.3 Å². The number of benzene rings is 1. The van der Waals surface area contributed by atoms with Gasteiger partial charge in [-0.15, -0.1) is 0 Å². The number of aromatic nitrogens is 2. The predicted molar refractivity (Wildman–Crippen MR) is 89.9 cm³/mol. The van der Waals surface area contributed by atoms with Crippen molar-refractivity contribution in [3.8, 4) is 11.5 Å². The molecule has 2 aliphatic rings. The van der Waals surface area contributed by atoms with Gasteiger partial charge in [0.05, 0.1) is 11.4 Å². The molecule has 0 atom stereocenters. The van der Waals surface area contributed by atoms with Crippen LogP contribution in [0.2, 0.25) is 0 Å². The van der Waals surface area contributed by atoms with Crippen LogP contribution in [0.5, 0.6) is 11.5 Å². The van der Waals surface area contributed by atoms with Crippen LogP contribution in [0.25, 0.3) is 6.08 Å². The summed E-state index contributed by atoms with van der Waals surface area (Å²) in [6, 6.07) is 5.62. The van der Waals surface area contributed by atoms with Crippen molar-refractivity contribution in [3.63, 3.8) is 0 Å². The van der Waals surface area contributed by atoms with Crippen LogP contribution in [0.3, 0.4) is 0 Å². The Morgan fingerprint density at radius 1 is 1.39 bits per heavy atom. The molecule has 0 aliphatic carbocycles. The SMILES string of the molecule is O=C1C(=Cc2ncc[nH]2)SC(=S)N1Cc1ccc2c(c1)OCO2. The van der Waals surface area contributed by atoms with Crippen molar-refractivity contribution < 1.29 is 14.3 Å². The Balaban J connectivity index is 1.55. The average molecular weight is 345 g/mol. The van der Waals surface area contributed by atoms with Gasteiger partial charge in [0.2, 0.25) is 6.79 Å². The molecule has 0 unspecified atom stereocenters. The van der Waals surface area contributed by atoms with Crippen LogP contribution in [0.15, 0.2) is 35.5 Å². The summed E-state index contributed by atoms with van der Waals surface area (Å²) in [4.78, 5) is 21.7. The average Bonchev–Trinajstić information content (AvgIpc) is 3.25. The number of nitrogens with one attached hydrogen (secondary N) is 1. The molecule has 1 amide bonds. The molecule has 1 aromatic carbocycles. The van der Waals surface area contributed by atoms with Gasteiger partial charge in [0, 0.05) is 18.5 Å². The van der Waals surface area contributed by atoms with Crippen LogP contribution in [0.4, 0.5) is 0 Å². The van der Waals surface area contributed by atoms with Crippen molar-refractivity contribution in [3.05, 3.63) is 46.9 Å². The molecule has 1 aromatic heterocycles. The molecule has 1 N–H and O–H groups in total. The van der Waals surface area contributed by atoms with E-state index in [0.717, 1.165) is 11.3 Å². The second-order valence-corrected chi connectivity index (χ2v) is 6.61. The lowest BCUT2D eigenvalue weighted by atomic mass is 10.2. The molecule has 6 nitrogen and oxygen atoms in total. The summed E-state index contributed by atoms with van der Waals surface area (Å²) in [5, 5.41) is 0. The van der Waals surface area contributed by atoms with Gasteiger partial charge in [0.1, 0.15) is 10.1 Å². The van der Waals surface area contributed by atoms with Crippen LogP contribution >= 0.6 is 24.0 Å². The number of ether oxygens (including phenoxy) is 2. The van der Waals surface area contributed by atoms with Crippen molar-refractivity contribution in [2.75, 3.05) is 6.79 Å². The summed E-state index contributed by atoms with van der Waals surface area (Å²) in [5.74, 6) is 1.93. The van der Waals surface area contributed by atoms with Crippen LogP contribution in [0.1, 0.15) is 11.4 Å². The van der Waals surface area contributed by atoms with E-state index < -0.39 is 0 Å². The summed E-state index contributed by atoms with van der Waals surface area (Å²) < 4.78 is 11.2. The second-order valence-electron chi connectivity index (χ2n) is 4.93. The van der Waals surface area contributed by atoms with E-state index in [-0.39, 0.29) is 12.7 Å². The van der Waals surface area contributed by atoms with Gasteiger partial charge in [0.25, 0.3) is 5.91 Å². The summed E-state index contributed by atoms with van der Waals surface area (Å²) >= 11 is 6.61. The van der Waals surface area contributed by atoms with E-state index in [9.17, 15) is 4.79 Å². The number of carbonyl (C=O) groups is 1. The molecular formula is C15H11N3O3S2. The number of thioether (sulfide) groups is 1. The molecule has 23 heavy (non-hydrogen) atoms. The zero-order chi connectivity index (χ0) is 15.8. The Bertz CT molecular complexity index is 817. The third kappa shape index (κ3) is 2.71. The van der Waals surface area contributed by atoms with Crippen molar-refractivity contribution in [1.82, 2.24) is 14.9 Å². The highest BCUT2D eigenvalue weighted by Gasteiger charge is 2.32. The first kappa shape index (κ1) is 14.3. The fourth-order valence-corrected chi connectivity index (χ4v) is 3.57. The number of hydrogen-bond acceptors (Lipinski definition) is 6. The Morgan fingerprint density at radius 2 is 2.26 bits per heavy atom. The van der Waals surface area contributed by atoms with Crippen LogP contribution < -0.4 is 9.47 Å². The Kier molecular flexibility index (Phi) is 3.55. The van der Waals surface area contributed by atoms with Crippen molar-refractivity contribution >= 4 is 40.3 Å². The molecule has 1 fully saturated rings. The summed E-state index contributed by atoms with van der Waals surface area (Å²) in [6.07, 6.45) is 5.05. The molecular weight excluding hydrogens is 334 g/mol. The van der Waals surface area contributed by atoms with Crippen molar-refractivity contribution in [1.29, 1.82) is 0 Å². The number of aromatic amines is 1. The van der Waals surface area contributed by atoms with E-state index in [1.807, 2.05) is 18.2 Å². The quantitative estimate of drug-likeness (QED) is 0.681. The first-order valence-electron chi connectivity index (χ1n) is 6.84. The number of hydrogen-bond donors (Lipinski definition) is 1. The molecule has 2 aromatic rings. The van der Waals surface area contributed by atoms with Crippen LogP contribution in [0, 0.1) is 0 Å². The predicted octanol–water partition coefficient (Wildman–Crippen LogP) is 2.54. The number of amides is 1. The number of nitrogens with zero attached hydrogens (tertiary/aromatic N) is 2. The Hall–Kier alpha value is -2.32. The summed E-state index contributed by atoms with van der Waals surface area (Å²) in [7, 11) is 0. The fraction of sp³-hybridized carbons (Fsp3) is 0.133. The molecule has 0 radical (unpaired) electrons. The lowest BCUT2D eigenvalue weighted by molar-refractivity contribution is -0.122. The van der Waals surface area contributed by atoms with Gasteiger partial charge >= 0.3 is 0 Å². The maximum Gasteiger partial charge on any atom is 0.266 e. The monoisotopic (exact) mass is 345 g/mol. The largest absolute Gasteiger partial charge is 0.454 e. The molecule has 0 saturated carbocycles. The van der Waals surface area contributed by atoms with Gasteiger partial charge in [0.15, 0.2) is 11.5 Å². The third-order valence-corrected chi connectivity index (χ3v) is 4.82. The van der Waals surface area contributed by atoms with E-state index in [1.165, 1.54) is 11.8 Å². The van der Waals surface area contributed by atoms with Gasteiger partial charge in [-0.3, -0.25) is 9.69 Å². The number of H-pyrrole nitrogens is 1. The molecule has 0 spiro atoms. The normalized spacial score (nSPS) is 18.3. The van der Waals surface area contributed by atoms with E-state index in [4.69, 9.17) is 21.7 Å². The Labute approximate surface area is 141 Å². The molecule has 2 aliphatic heterocycles. The first-order valence-corrected chi connectivity index (χ1v) is 8.06. The van der Waals surface area contributed by atoms with E-state index in [1.54, 1.807) is 23.4 Å². The summed E-state index contributed by atoms with van der Waals surface area (Å²) in [5.41, 5.74) is 0.935. The zero-order valence-electron chi connectivity index (χ0n) is 11.8. The highest BCUT2D eigenvalue weighted by Crippen LogP contribution is 2.36.